The van der Waals surface area contributed by atoms with E-state index < -0.39 is 10.0 Å². The largest absolute Gasteiger partial charge is 0.341 e. The number of rotatable bonds is 4. The molecule has 124 valence electrons. The predicted molar refractivity (Wildman–Crippen MR) is 95.5 cm³/mol. The van der Waals surface area contributed by atoms with Crippen LogP contribution in [-0.4, -0.2) is 31.5 Å². The molecule has 3 rings (SSSR count). The van der Waals surface area contributed by atoms with Crippen LogP contribution in [-0.2, 0) is 10.0 Å². The summed E-state index contributed by atoms with van der Waals surface area (Å²) in [5.74, 6) is 1.39. The number of nitrogens with one attached hydrogen (secondary N) is 1. The zero-order chi connectivity index (χ0) is 16.4. The van der Waals surface area contributed by atoms with Crippen molar-refractivity contribution in [1.29, 1.82) is 0 Å². The number of halogens is 1. The van der Waals surface area contributed by atoms with Crippen molar-refractivity contribution in [2.24, 2.45) is 5.92 Å². The fourth-order valence-electron chi connectivity index (χ4n) is 2.39. The second-order valence-corrected chi connectivity index (χ2v) is 9.98. The maximum atomic E-state index is 12.3. The lowest BCUT2D eigenvalue weighted by atomic mass is 10.00. The molecule has 1 saturated heterocycles. The molecule has 0 atom stereocenters. The number of anilines is 2. The molecule has 0 aromatic carbocycles. The van der Waals surface area contributed by atoms with Gasteiger partial charge < -0.3 is 4.90 Å². The average molecular weight is 417 g/mol. The lowest BCUT2D eigenvalue weighted by molar-refractivity contribution is 0.434. The topological polar surface area (TPSA) is 75.2 Å². The Morgan fingerprint density at radius 3 is 2.48 bits per heavy atom. The minimum atomic E-state index is -3.59. The molecular formula is C14H17BrN4O2S2. The van der Waals surface area contributed by atoms with Gasteiger partial charge in [-0.1, -0.05) is 6.92 Å². The molecule has 6 nitrogen and oxygen atoms in total. The third-order valence-corrected chi connectivity index (χ3v) is 7.27. The molecule has 1 N–H and O–H groups in total. The molecule has 2 aromatic heterocycles. The van der Waals surface area contributed by atoms with Gasteiger partial charge in [-0.25, -0.2) is 18.4 Å². The molecule has 1 fully saturated rings. The number of hydrogen-bond donors (Lipinski definition) is 1. The molecule has 2 aromatic rings. The van der Waals surface area contributed by atoms with E-state index in [1.54, 1.807) is 12.1 Å². The second-order valence-electron chi connectivity index (χ2n) is 5.61. The van der Waals surface area contributed by atoms with Crippen molar-refractivity contribution < 1.29 is 8.42 Å². The molecule has 3 heterocycles. The average Bonchev–Trinajstić information content (AvgIpc) is 2.96. The summed E-state index contributed by atoms with van der Waals surface area (Å²) in [7, 11) is -3.59. The number of thiophene rings is 1. The third-order valence-electron chi connectivity index (χ3n) is 3.77. The maximum absolute atomic E-state index is 12.3. The van der Waals surface area contributed by atoms with E-state index in [4.69, 9.17) is 0 Å². The van der Waals surface area contributed by atoms with Gasteiger partial charge >= 0.3 is 0 Å². The van der Waals surface area contributed by atoms with Gasteiger partial charge in [0.15, 0.2) is 0 Å². The summed E-state index contributed by atoms with van der Waals surface area (Å²) in [4.78, 5) is 10.7. The van der Waals surface area contributed by atoms with E-state index in [2.05, 4.69) is 42.4 Å². The lowest BCUT2D eigenvalue weighted by Gasteiger charge is -2.30. The summed E-state index contributed by atoms with van der Waals surface area (Å²) in [6.07, 6.45) is 5.29. The molecular weight excluding hydrogens is 400 g/mol. The zero-order valence-corrected chi connectivity index (χ0v) is 15.8. The van der Waals surface area contributed by atoms with Gasteiger partial charge in [0.25, 0.3) is 10.0 Å². The van der Waals surface area contributed by atoms with Crippen LogP contribution in [0.3, 0.4) is 0 Å². The van der Waals surface area contributed by atoms with E-state index in [-0.39, 0.29) is 4.21 Å². The Hall–Kier alpha value is -1.19. The van der Waals surface area contributed by atoms with Crippen molar-refractivity contribution in [3.63, 3.8) is 0 Å². The van der Waals surface area contributed by atoms with Crippen LogP contribution in [0.4, 0.5) is 11.6 Å². The fraction of sp³-hybridized carbons (Fsp3) is 0.429. The monoisotopic (exact) mass is 416 g/mol. The van der Waals surface area contributed by atoms with Crippen LogP contribution >= 0.6 is 27.3 Å². The van der Waals surface area contributed by atoms with Crippen LogP contribution in [0.5, 0.6) is 0 Å². The van der Waals surface area contributed by atoms with E-state index in [1.807, 2.05) is 0 Å². The molecule has 0 aliphatic carbocycles. The minimum absolute atomic E-state index is 0.249. The quantitative estimate of drug-likeness (QED) is 0.826. The van der Waals surface area contributed by atoms with E-state index in [1.165, 1.54) is 12.4 Å². The summed E-state index contributed by atoms with van der Waals surface area (Å²) in [6.45, 7) is 4.13. The first-order valence-electron chi connectivity index (χ1n) is 7.29. The van der Waals surface area contributed by atoms with Crippen molar-refractivity contribution >= 4 is 48.9 Å². The normalized spacial score (nSPS) is 16.5. The SMILES string of the molecule is CC1CCN(c2ncc(NS(=O)(=O)c3ccc(Br)s3)cn2)CC1. The molecule has 0 radical (unpaired) electrons. The summed E-state index contributed by atoms with van der Waals surface area (Å²) in [6, 6.07) is 3.26. The highest BCUT2D eigenvalue weighted by atomic mass is 79.9. The Labute approximate surface area is 148 Å². The third kappa shape index (κ3) is 4.02. The van der Waals surface area contributed by atoms with E-state index in [0.29, 0.717) is 11.6 Å². The maximum Gasteiger partial charge on any atom is 0.271 e. The molecule has 0 bridgehead atoms. The first-order chi connectivity index (χ1) is 10.9. The Kier molecular flexibility index (Phi) is 4.88. The molecule has 9 heteroatoms. The molecule has 0 amide bonds. The highest BCUT2D eigenvalue weighted by Crippen LogP contribution is 2.27. The zero-order valence-electron chi connectivity index (χ0n) is 12.6. The van der Waals surface area contributed by atoms with Gasteiger partial charge in [-0.3, -0.25) is 4.72 Å². The van der Waals surface area contributed by atoms with Gasteiger partial charge in [0.1, 0.15) is 4.21 Å². The van der Waals surface area contributed by atoms with Crippen LogP contribution in [0.1, 0.15) is 19.8 Å². The standard InChI is InChI=1S/C14H17BrN4O2S2/c1-10-4-6-19(7-5-10)14-16-8-11(9-17-14)18-23(20,21)13-3-2-12(15)22-13/h2-3,8-10,18H,4-7H2,1H3. The van der Waals surface area contributed by atoms with Crippen molar-refractivity contribution in [2.45, 2.75) is 24.0 Å². The van der Waals surface area contributed by atoms with Gasteiger partial charge in [0, 0.05) is 13.1 Å². The highest BCUT2D eigenvalue weighted by molar-refractivity contribution is 9.11. The molecule has 0 unspecified atom stereocenters. The van der Waals surface area contributed by atoms with Gasteiger partial charge in [-0.2, -0.15) is 0 Å². The van der Waals surface area contributed by atoms with Crippen LogP contribution in [0.15, 0.2) is 32.5 Å². The van der Waals surface area contributed by atoms with Gasteiger partial charge in [0.05, 0.1) is 21.9 Å². The van der Waals surface area contributed by atoms with Crippen molar-refractivity contribution in [2.75, 3.05) is 22.7 Å². The van der Waals surface area contributed by atoms with Crippen molar-refractivity contribution in [1.82, 2.24) is 9.97 Å². The summed E-state index contributed by atoms with van der Waals surface area (Å²) in [5, 5.41) is 0. The highest BCUT2D eigenvalue weighted by Gasteiger charge is 2.19. The summed E-state index contributed by atoms with van der Waals surface area (Å²) >= 11 is 4.42. The van der Waals surface area contributed by atoms with E-state index >= 15 is 0 Å². The first-order valence-corrected chi connectivity index (χ1v) is 10.4. The Bertz CT molecular complexity index is 768. The number of piperidine rings is 1. The lowest BCUT2D eigenvalue weighted by Crippen LogP contribution is -2.34. The molecule has 1 aliphatic rings. The number of hydrogen-bond acceptors (Lipinski definition) is 6. The second kappa shape index (κ2) is 6.74. The molecule has 23 heavy (non-hydrogen) atoms. The molecule has 0 spiro atoms. The van der Waals surface area contributed by atoms with Crippen LogP contribution in [0.25, 0.3) is 0 Å². The first kappa shape index (κ1) is 16.7. The van der Waals surface area contributed by atoms with Crippen LogP contribution in [0, 0.1) is 5.92 Å². The smallest absolute Gasteiger partial charge is 0.271 e. The van der Waals surface area contributed by atoms with Crippen LogP contribution in [0.2, 0.25) is 0 Å². The van der Waals surface area contributed by atoms with Crippen molar-refractivity contribution in [3.8, 4) is 0 Å². The summed E-state index contributed by atoms with van der Waals surface area (Å²) < 4.78 is 28.0. The predicted octanol–water partition coefficient (Wildman–Crippen LogP) is 3.34. The minimum Gasteiger partial charge on any atom is -0.341 e. The van der Waals surface area contributed by atoms with Crippen molar-refractivity contribution in [3.05, 3.63) is 28.3 Å². The van der Waals surface area contributed by atoms with Gasteiger partial charge in [0.2, 0.25) is 5.95 Å². The number of sulfonamides is 1. The van der Waals surface area contributed by atoms with E-state index in [0.717, 1.165) is 47.0 Å². The Morgan fingerprint density at radius 2 is 1.91 bits per heavy atom. The fourth-order valence-corrected chi connectivity index (χ4v) is 5.43. The molecule has 0 saturated carbocycles. The number of nitrogens with zero attached hydrogens (tertiary/aromatic N) is 3. The number of aromatic nitrogens is 2. The van der Waals surface area contributed by atoms with Gasteiger partial charge in [-0.05, 0) is 46.8 Å². The Morgan fingerprint density at radius 1 is 1.26 bits per heavy atom. The van der Waals surface area contributed by atoms with Crippen LogP contribution < -0.4 is 9.62 Å². The van der Waals surface area contributed by atoms with E-state index in [9.17, 15) is 8.42 Å². The molecule has 1 aliphatic heterocycles. The Balaban J connectivity index is 1.70. The summed E-state index contributed by atoms with van der Waals surface area (Å²) in [5.41, 5.74) is 0.364. The van der Waals surface area contributed by atoms with Gasteiger partial charge in [-0.15, -0.1) is 11.3 Å².